The first-order chi connectivity index (χ1) is 20.0. The van der Waals surface area contributed by atoms with Crippen molar-refractivity contribution < 1.29 is 63.4 Å². The summed E-state index contributed by atoms with van der Waals surface area (Å²) in [7, 11) is 1.21. The molecule has 0 saturated heterocycles. The van der Waals surface area contributed by atoms with Gasteiger partial charge in [0.15, 0.2) is 18.9 Å². The topological polar surface area (TPSA) is 150 Å². The Kier molecular flexibility index (Phi) is 18.9. The number of hydrogen-bond donors (Lipinski definition) is 4. The number of nitrogens with one attached hydrogen (secondary N) is 3. The van der Waals surface area contributed by atoms with Gasteiger partial charge in [0.2, 0.25) is 0 Å². The molecule has 45 heavy (non-hydrogen) atoms. The zero-order valence-corrected chi connectivity index (χ0v) is 25.8. The van der Waals surface area contributed by atoms with Gasteiger partial charge in [0, 0.05) is 32.4 Å². The highest BCUT2D eigenvalue weighted by Gasteiger charge is 2.39. The quantitative estimate of drug-likeness (QED) is 0.226. The molecule has 4 atom stereocenters. The molecule has 0 bridgehead atoms. The molecule has 0 aliphatic carbocycles. The van der Waals surface area contributed by atoms with Crippen LogP contribution < -0.4 is 21.7 Å². The first-order valence-electron chi connectivity index (χ1n) is 13.1. The van der Waals surface area contributed by atoms with E-state index in [1.807, 2.05) is 13.8 Å². The Bertz CT molecular complexity index is 1050. The minimum atomic E-state index is -4.84. The molecule has 1 aromatic heterocycles. The van der Waals surface area contributed by atoms with Gasteiger partial charge in [-0.25, -0.2) is 9.59 Å². The third kappa shape index (κ3) is 18.4. The van der Waals surface area contributed by atoms with E-state index in [-0.39, 0.29) is 43.4 Å². The molecular weight excluding hydrogens is 659 g/mol. The Labute approximate surface area is 259 Å². The third-order valence-electron chi connectivity index (χ3n) is 6.08. The van der Waals surface area contributed by atoms with Crippen molar-refractivity contribution in [2.24, 2.45) is 24.6 Å². The molecule has 0 radical (unpaired) electrons. The Morgan fingerprint density at radius 3 is 1.67 bits per heavy atom. The van der Waals surface area contributed by atoms with Crippen LogP contribution in [0.4, 0.5) is 49.1 Å². The van der Waals surface area contributed by atoms with Crippen molar-refractivity contribution in [2.45, 2.75) is 71.1 Å². The number of nitrogens with two attached hydrogens (primary N) is 1. The first kappa shape index (κ1) is 44.0. The molecule has 0 aliphatic rings. The van der Waals surface area contributed by atoms with Gasteiger partial charge < -0.3 is 31.2 Å². The van der Waals surface area contributed by atoms with Crippen LogP contribution in [-0.2, 0) is 22.7 Å². The van der Waals surface area contributed by atoms with Crippen LogP contribution in [0, 0.1) is 11.8 Å². The van der Waals surface area contributed by atoms with Gasteiger partial charge in [0.25, 0.3) is 5.91 Å². The van der Waals surface area contributed by atoms with Crippen molar-refractivity contribution in [3.8, 4) is 0 Å². The second-order valence-electron chi connectivity index (χ2n) is 9.66. The maximum Gasteiger partial charge on any atom is 0.435 e. The molecule has 21 heteroatoms. The van der Waals surface area contributed by atoms with Crippen LogP contribution >= 0.6 is 12.4 Å². The number of alkyl halides is 9. The number of alkyl carbamates (subject to hydrolysis) is 2. The third-order valence-corrected chi connectivity index (χ3v) is 6.08. The van der Waals surface area contributed by atoms with Gasteiger partial charge >= 0.3 is 30.7 Å². The lowest BCUT2D eigenvalue weighted by atomic mass is 9.99. The number of nitrogens with zero attached hydrogens (tertiary/aromatic N) is 2. The molecule has 0 unspecified atom stereocenters. The van der Waals surface area contributed by atoms with E-state index in [2.05, 4.69) is 30.5 Å². The van der Waals surface area contributed by atoms with E-state index in [9.17, 15) is 53.9 Å². The lowest BCUT2D eigenvalue weighted by Gasteiger charge is -2.24. The van der Waals surface area contributed by atoms with Gasteiger partial charge in [-0.3, -0.25) is 9.48 Å². The first-order valence-corrected chi connectivity index (χ1v) is 13.1. The van der Waals surface area contributed by atoms with Crippen LogP contribution in [0.1, 0.15) is 56.6 Å². The minimum Gasteiger partial charge on any atom is -0.440 e. The lowest BCUT2D eigenvalue weighted by molar-refractivity contribution is -0.160. The van der Waals surface area contributed by atoms with E-state index in [1.165, 1.54) is 7.05 Å². The highest BCUT2D eigenvalue weighted by molar-refractivity contribution is 5.95. The fourth-order valence-corrected chi connectivity index (χ4v) is 3.24. The van der Waals surface area contributed by atoms with E-state index in [0.717, 1.165) is 17.3 Å². The average Bonchev–Trinajstić information content (AvgIpc) is 3.32. The summed E-state index contributed by atoms with van der Waals surface area (Å²) in [4.78, 5) is 34.6. The number of halogens is 10. The minimum absolute atomic E-state index is 0. The van der Waals surface area contributed by atoms with Crippen molar-refractivity contribution in [3.05, 3.63) is 17.5 Å². The Morgan fingerprint density at radius 1 is 0.867 bits per heavy atom. The van der Waals surface area contributed by atoms with Crippen molar-refractivity contribution in [1.82, 2.24) is 25.7 Å². The fourth-order valence-electron chi connectivity index (χ4n) is 3.24. The smallest absolute Gasteiger partial charge is 0.435 e. The zero-order valence-electron chi connectivity index (χ0n) is 25.0. The monoisotopic (exact) mass is 696 g/mol. The van der Waals surface area contributed by atoms with Gasteiger partial charge in [-0.15, -0.1) is 12.4 Å². The number of carbonyl (C=O) groups is 3. The Hall–Kier alpha value is -3.16. The number of amides is 3. The number of ether oxygens (including phenoxy) is 2. The van der Waals surface area contributed by atoms with E-state index < -0.39 is 67.1 Å². The number of aromatic nitrogens is 2. The normalized spacial score (nSPS) is 14.4. The van der Waals surface area contributed by atoms with Gasteiger partial charge in [-0.05, 0) is 11.8 Å². The van der Waals surface area contributed by atoms with E-state index in [1.54, 1.807) is 13.8 Å². The van der Waals surface area contributed by atoms with Crippen molar-refractivity contribution >= 4 is 30.5 Å². The Morgan fingerprint density at radius 2 is 1.29 bits per heavy atom. The predicted molar refractivity (Wildman–Crippen MR) is 144 cm³/mol. The second-order valence-corrected chi connectivity index (χ2v) is 9.66. The molecule has 1 heterocycles. The summed E-state index contributed by atoms with van der Waals surface area (Å²) in [6.07, 6.45) is -14.4. The molecule has 1 aromatic rings. The van der Waals surface area contributed by atoms with Crippen molar-refractivity contribution in [2.75, 3.05) is 26.3 Å². The molecule has 0 aromatic carbocycles. The highest BCUT2D eigenvalue weighted by atomic mass is 35.5. The van der Waals surface area contributed by atoms with Crippen molar-refractivity contribution in [1.29, 1.82) is 0 Å². The Balaban J connectivity index is 0. The molecule has 0 aliphatic heterocycles. The van der Waals surface area contributed by atoms with E-state index >= 15 is 0 Å². The van der Waals surface area contributed by atoms with Gasteiger partial charge in [-0.2, -0.15) is 44.6 Å². The molecule has 264 valence electrons. The summed E-state index contributed by atoms with van der Waals surface area (Å²) in [6, 6.07) is -1.23. The van der Waals surface area contributed by atoms with Crippen molar-refractivity contribution in [3.63, 3.8) is 0 Å². The SMILES string of the molecule is CC[C@H](C)[C@@H](CN)NC(=O)OCC(F)(F)F.CC[C@H](C)[C@@H](CNC(=O)c1cn(C)nc1C(F)(F)F)NC(=O)OCC(F)(F)F.Cl. The van der Waals surface area contributed by atoms with Gasteiger partial charge in [-0.1, -0.05) is 40.5 Å². The van der Waals surface area contributed by atoms with E-state index in [4.69, 9.17) is 5.73 Å². The summed E-state index contributed by atoms with van der Waals surface area (Å²) in [5.74, 6) is -1.31. The highest BCUT2D eigenvalue weighted by Crippen LogP contribution is 2.30. The molecule has 11 nitrogen and oxygen atoms in total. The summed E-state index contributed by atoms with van der Waals surface area (Å²) in [5.41, 5.74) is 3.31. The molecular formula is C24H38ClF9N6O5. The molecule has 3 amide bonds. The van der Waals surface area contributed by atoms with E-state index in [0.29, 0.717) is 6.42 Å². The molecule has 0 spiro atoms. The fraction of sp³-hybridized carbons (Fsp3) is 0.750. The van der Waals surface area contributed by atoms with Gasteiger partial charge in [0.05, 0.1) is 11.6 Å². The maximum atomic E-state index is 12.9. The van der Waals surface area contributed by atoms with Gasteiger partial charge in [0.1, 0.15) is 0 Å². The molecule has 5 N–H and O–H groups in total. The van der Waals surface area contributed by atoms with Crippen LogP contribution in [0.3, 0.4) is 0 Å². The van der Waals surface area contributed by atoms with Crippen LogP contribution in [-0.4, -0.2) is 78.6 Å². The number of rotatable bonds is 12. The average molecular weight is 697 g/mol. The molecule has 0 fully saturated rings. The molecule has 1 rings (SSSR count). The number of carbonyl (C=O) groups excluding carboxylic acids is 3. The summed E-state index contributed by atoms with van der Waals surface area (Å²) in [5, 5.41) is 9.93. The van der Waals surface area contributed by atoms with Crippen LogP contribution in [0.15, 0.2) is 6.20 Å². The molecule has 0 saturated carbocycles. The number of hydrogen-bond acceptors (Lipinski definition) is 7. The largest absolute Gasteiger partial charge is 0.440 e. The summed E-state index contributed by atoms with van der Waals surface area (Å²) in [6.45, 7) is 3.59. The number of aryl methyl sites for hydroxylation is 1. The van der Waals surface area contributed by atoms with Crippen LogP contribution in [0.2, 0.25) is 0 Å². The standard InChI is InChI=1S/C15H20F6N4O3.C9H17F3N2O2.ClH/c1-4-8(2)10(23-13(27)28-7-14(16,17)18)5-22-12(26)9-6-25(3)24-11(9)15(19,20)21;1-3-6(2)7(4-13)14-8(15)16-5-9(10,11)12;/h6,8,10H,4-5,7H2,1-3H3,(H,22,26)(H,23,27);6-7H,3-5,13H2,1-2H3,(H,14,15);1H/t8-,10+;6-,7+;/m00./s1. The second kappa shape index (κ2) is 19.4. The zero-order chi connectivity index (χ0) is 34.5. The summed E-state index contributed by atoms with van der Waals surface area (Å²) >= 11 is 0. The lowest BCUT2D eigenvalue weighted by Crippen LogP contribution is -2.48. The predicted octanol–water partition coefficient (Wildman–Crippen LogP) is 4.94. The summed E-state index contributed by atoms with van der Waals surface area (Å²) < 4.78 is 119. The van der Waals surface area contributed by atoms with Crippen LogP contribution in [0.5, 0.6) is 0 Å². The van der Waals surface area contributed by atoms with Crippen LogP contribution in [0.25, 0.3) is 0 Å². The maximum absolute atomic E-state index is 12.9.